The first-order valence-electron chi connectivity index (χ1n) is 4.89. The molecular weight excluding hydrogens is 190 g/mol. The fourth-order valence-corrected chi connectivity index (χ4v) is 1.42. The maximum Gasteiger partial charge on any atom is 0.230 e. The normalized spacial score (nSPS) is 18.6. The molecular formula is C12H13NO2. The Morgan fingerprint density at radius 2 is 1.80 bits per heavy atom. The number of Topliss-reactive ketones (excluding diaryl/α,β-unsaturated/α-hetero) is 1. The van der Waals surface area contributed by atoms with Gasteiger partial charge in [-0.2, -0.15) is 0 Å². The maximum atomic E-state index is 11.9. The first-order valence-corrected chi connectivity index (χ1v) is 4.89. The molecule has 0 amide bonds. The van der Waals surface area contributed by atoms with E-state index in [-0.39, 0.29) is 5.78 Å². The van der Waals surface area contributed by atoms with E-state index in [4.69, 9.17) is 4.84 Å². The summed E-state index contributed by atoms with van der Waals surface area (Å²) < 4.78 is 0. The van der Waals surface area contributed by atoms with Gasteiger partial charge in [0.2, 0.25) is 5.78 Å². The molecule has 0 radical (unpaired) electrons. The van der Waals surface area contributed by atoms with Crippen LogP contribution in [0, 0.1) is 6.92 Å². The molecule has 1 aliphatic rings. The van der Waals surface area contributed by atoms with E-state index in [0.717, 1.165) is 11.1 Å². The van der Waals surface area contributed by atoms with Crippen molar-refractivity contribution in [2.45, 2.75) is 26.4 Å². The number of hydrogen-bond acceptors (Lipinski definition) is 3. The Balaban J connectivity index is 2.35. The standard InChI is InChI=1S/C12H13NO2/c1-8-4-6-9(7-5-8)10-11(14)12(2,3)15-13-10/h4-7H,1-3H3. The van der Waals surface area contributed by atoms with Crippen LogP contribution in [0.2, 0.25) is 0 Å². The Labute approximate surface area is 88.7 Å². The third-order valence-electron chi connectivity index (χ3n) is 2.45. The smallest absolute Gasteiger partial charge is 0.230 e. The molecule has 78 valence electrons. The van der Waals surface area contributed by atoms with Crippen LogP contribution in [0.1, 0.15) is 25.0 Å². The van der Waals surface area contributed by atoms with Gasteiger partial charge in [0, 0.05) is 5.56 Å². The van der Waals surface area contributed by atoms with Crippen LogP contribution in [0.15, 0.2) is 29.4 Å². The van der Waals surface area contributed by atoms with Gasteiger partial charge in [-0.15, -0.1) is 0 Å². The Kier molecular flexibility index (Phi) is 2.11. The van der Waals surface area contributed by atoms with E-state index in [2.05, 4.69) is 5.16 Å². The molecule has 1 heterocycles. The van der Waals surface area contributed by atoms with Gasteiger partial charge in [-0.1, -0.05) is 35.0 Å². The lowest BCUT2D eigenvalue weighted by atomic mass is 9.96. The minimum absolute atomic E-state index is 0.0636. The molecule has 0 N–H and O–H groups in total. The molecule has 0 aromatic heterocycles. The quantitative estimate of drug-likeness (QED) is 0.700. The molecule has 0 unspecified atom stereocenters. The van der Waals surface area contributed by atoms with Gasteiger partial charge in [0.25, 0.3) is 0 Å². The van der Waals surface area contributed by atoms with Crippen molar-refractivity contribution in [3.63, 3.8) is 0 Å². The number of hydrogen-bond donors (Lipinski definition) is 0. The lowest BCUT2D eigenvalue weighted by Gasteiger charge is -2.11. The van der Waals surface area contributed by atoms with E-state index in [9.17, 15) is 4.79 Å². The fourth-order valence-electron chi connectivity index (χ4n) is 1.42. The van der Waals surface area contributed by atoms with Crippen LogP contribution in [0.4, 0.5) is 0 Å². The summed E-state index contributed by atoms with van der Waals surface area (Å²) in [6, 6.07) is 7.68. The van der Waals surface area contributed by atoms with Gasteiger partial charge in [-0.3, -0.25) is 4.79 Å². The zero-order chi connectivity index (χ0) is 11.1. The van der Waals surface area contributed by atoms with Crippen molar-refractivity contribution in [2.75, 3.05) is 0 Å². The largest absolute Gasteiger partial charge is 0.381 e. The Morgan fingerprint density at radius 3 is 2.27 bits per heavy atom. The van der Waals surface area contributed by atoms with Crippen molar-refractivity contribution in [3.8, 4) is 0 Å². The van der Waals surface area contributed by atoms with Crippen molar-refractivity contribution < 1.29 is 9.63 Å². The Morgan fingerprint density at radius 1 is 1.20 bits per heavy atom. The number of ketones is 1. The number of aryl methyl sites for hydroxylation is 1. The van der Waals surface area contributed by atoms with Crippen molar-refractivity contribution in [2.24, 2.45) is 5.16 Å². The average molecular weight is 203 g/mol. The minimum atomic E-state index is -0.819. The van der Waals surface area contributed by atoms with Gasteiger partial charge in [0.05, 0.1) is 0 Å². The predicted octanol–water partition coefficient (Wildman–Crippen LogP) is 2.08. The van der Waals surface area contributed by atoms with Crippen LogP contribution in [0.5, 0.6) is 0 Å². The van der Waals surface area contributed by atoms with Crippen LogP contribution in [0.25, 0.3) is 0 Å². The van der Waals surface area contributed by atoms with Crippen LogP contribution in [-0.4, -0.2) is 17.1 Å². The number of carbonyl (C=O) groups is 1. The third kappa shape index (κ3) is 1.65. The van der Waals surface area contributed by atoms with Gasteiger partial charge in [-0.25, -0.2) is 0 Å². The van der Waals surface area contributed by atoms with E-state index in [1.54, 1.807) is 13.8 Å². The summed E-state index contributed by atoms with van der Waals surface area (Å²) in [4.78, 5) is 16.9. The number of benzene rings is 1. The van der Waals surface area contributed by atoms with Gasteiger partial charge in [0.15, 0.2) is 11.3 Å². The predicted molar refractivity (Wildman–Crippen MR) is 57.9 cm³/mol. The highest BCUT2D eigenvalue weighted by Crippen LogP contribution is 2.22. The molecule has 1 aromatic rings. The van der Waals surface area contributed by atoms with Gasteiger partial charge < -0.3 is 4.84 Å². The monoisotopic (exact) mass is 203 g/mol. The molecule has 0 saturated carbocycles. The molecule has 3 nitrogen and oxygen atoms in total. The number of carbonyl (C=O) groups excluding carboxylic acids is 1. The molecule has 1 aromatic carbocycles. The highest BCUT2D eigenvalue weighted by molar-refractivity contribution is 6.49. The molecule has 0 bridgehead atoms. The van der Waals surface area contributed by atoms with E-state index in [1.165, 1.54) is 0 Å². The summed E-state index contributed by atoms with van der Waals surface area (Å²) in [7, 11) is 0. The van der Waals surface area contributed by atoms with Crippen molar-refractivity contribution in [1.29, 1.82) is 0 Å². The molecule has 0 atom stereocenters. The Bertz CT molecular complexity index is 429. The first-order chi connectivity index (χ1) is 7.00. The molecule has 15 heavy (non-hydrogen) atoms. The second-order valence-corrected chi connectivity index (χ2v) is 4.24. The topological polar surface area (TPSA) is 38.7 Å². The summed E-state index contributed by atoms with van der Waals surface area (Å²) in [5, 5.41) is 3.84. The minimum Gasteiger partial charge on any atom is -0.381 e. The van der Waals surface area contributed by atoms with E-state index in [1.807, 2.05) is 31.2 Å². The summed E-state index contributed by atoms with van der Waals surface area (Å²) in [5.74, 6) is -0.0636. The second kappa shape index (κ2) is 3.19. The van der Waals surface area contributed by atoms with Crippen LogP contribution in [0.3, 0.4) is 0 Å². The highest BCUT2D eigenvalue weighted by atomic mass is 16.7. The van der Waals surface area contributed by atoms with Crippen molar-refractivity contribution in [3.05, 3.63) is 35.4 Å². The summed E-state index contributed by atoms with van der Waals surface area (Å²) in [5.41, 5.74) is 1.57. The zero-order valence-electron chi connectivity index (χ0n) is 9.07. The molecule has 0 aliphatic carbocycles. The first kappa shape index (κ1) is 9.90. The number of rotatable bonds is 1. The highest BCUT2D eigenvalue weighted by Gasteiger charge is 2.40. The number of nitrogens with zero attached hydrogens (tertiary/aromatic N) is 1. The number of oxime groups is 1. The Hall–Kier alpha value is -1.64. The maximum absolute atomic E-state index is 11.9. The second-order valence-electron chi connectivity index (χ2n) is 4.24. The van der Waals surface area contributed by atoms with Crippen molar-refractivity contribution in [1.82, 2.24) is 0 Å². The third-order valence-corrected chi connectivity index (χ3v) is 2.45. The fraction of sp³-hybridized carbons (Fsp3) is 0.333. The summed E-state index contributed by atoms with van der Waals surface area (Å²) in [6.07, 6.45) is 0. The van der Waals surface area contributed by atoms with E-state index >= 15 is 0 Å². The van der Waals surface area contributed by atoms with Gasteiger partial charge >= 0.3 is 0 Å². The molecule has 0 saturated heterocycles. The molecule has 3 heteroatoms. The van der Waals surface area contributed by atoms with Crippen LogP contribution >= 0.6 is 0 Å². The van der Waals surface area contributed by atoms with Gasteiger partial charge in [-0.05, 0) is 20.8 Å². The summed E-state index contributed by atoms with van der Waals surface area (Å²) in [6.45, 7) is 5.45. The van der Waals surface area contributed by atoms with Crippen LogP contribution < -0.4 is 0 Å². The zero-order valence-corrected chi connectivity index (χ0v) is 9.07. The SMILES string of the molecule is Cc1ccc(C2=NOC(C)(C)C2=O)cc1. The van der Waals surface area contributed by atoms with Gasteiger partial charge in [0.1, 0.15) is 0 Å². The van der Waals surface area contributed by atoms with E-state index in [0.29, 0.717) is 5.71 Å². The molecule has 0 fully saturated rings. The van der Waals surface area contributed by atoms with E-state index < -0.39 is 5.60 Å². The summed E-state index contributed by atoms with van der Waals surface area (Å²) >= 11 is 0. The lowest BCUT2D eigenvalue weighted by molar-refractivity contribution is -0.128. The average Bonchev–Trinajstić information content (AvgIpc) is 2.45. The lowest BCUT2D eigenvalue weighted by Crippen LogP contribution is -2.32. The van der Waals surface area contributed by atoms with Crippen molar-refractivity contribution >= 4 is 11.5 Å². The molecule has 0 spiro atoms. The van der Waals surface area contributed by atoms with Crippen LogP contribution in [-0.2, 0) is 9.63 Å². The molecule has 1 aliphatic heterocycles. The molecule has 2 rings (SSSR count).